The minimum Gasteiger partial charge on any atom is -0.399 e. The number of hydrogen-bond donors (Lipinski definition) is 0. The summed E-state index contributed by atoms with van der Waals surface area (Å²) in [4.78, 5) is 4.38. The van der Waals surface area contributed by atoms with E-state index in [9.17, 15) is 0 Å². The number of methoxy groups -OCH3 is 1. The summed E-state index contributed by atoms with van der Waals surface area (Å²) in [5.41, 5.74) is 2.29. The van der Waals surface area contributed by atoms with E-state index in [2.05, 4.69) is 32.7 Å². The van der Waals surface area contributed by atoms with Crippen molar-refractivity contribution < 1.29 is 14.0 Å². The quantitative estimate of drug-likeness (QED) is 0.780. The van der Waals surface area contributed by atoms with E-state index in [4.69, 9.17) is 14.0 Å². The van der Waals surface area contributed by atoms with E-state index in [0.717, 1.165) is 16.7 Å². The molecule has 104 valence electrons. The number of aromatic nitrogens is 1. The molecule has 0 unspecified atom stereocenters. The highest BCUT2D eigenvalue weighted by Gasteiger charge is 2.52. The van der Waals surface area contributed by atoms with Crippen LogP contribution in [0.1, 0.15) is 39.0 Å². The molecule has 1 aliphatic rings. The Balaban J connectivity index is 2.39. The fourth-order valence-corrected chi connectivity index (χ4v) is 2.16. The van der Waals surface area contributed by atoms with Gasteiger partial charge in [0.05, 0.1) is 23.5 Å². The molecule has 2 rings (SSSR count). The van der Waals surface area contributed by atoms with Gasteiger partial charge in [-0.3, -0.25) is 4.98 Å². The molecule has 0 N–H and O–H groups in total. The summed E-state index contributed by atoms with van der Waals surface area (Å²) >= 11 is 0. The zero-order valence-corrected chi connectivity index (χ0v) is 12.6. The van der Waals surface area contributed by atoms with E-state index < -0.39 is 0 Å². The molecule has 1 aromatic rings. The van der Waals surface area contributed by atoms with Crippen molar-refractivity contribution in [2.75, 3.05) is 7.11 Å². The predicted molar refractivity (Wildman–Crippen MR) is 75.4 cm³/mol. The third-order valence-electron chi connectivity index (χ3n) is 4.06. The molecular weight excluding hydrogens is 241 g/mol. The lowest BCUT2D eigenvalue weighted by Crippen LogP contribution is -2.41. The summed E-state index contributed by atoms with van der Waals surface area (Å²) in [5, 5.41) is 0. The number of ether oxygens (including phenoxy) is 1. The van der Waals surface area contributed by atoms with Gasteiger partial charge in [-0.2, -0.15) is 0 Å². The van der Waals surface area contributed by atoms with Gasteiger partial charge in [-0.05, 0) is 46.2 Å². The number of nitrogens with zero attached hydrogens (tertiary/aromatic N) is 1. The third-order valence-corrected chi connectivity index (χ3v) is 4.06. The van der Waals surface area contributed by atoms with E-state index >= 15 is 0 Å². The van der Waals surface area contributed by atoms with Crippen molar-refractivity contribution in [3.8, 4) is 0 Å². The van der Waals surface area contributed by atoms with E-state index in [1.807, 2.05) is 13.0 Å². The van der Waals surface area contributed by atoms with Crippen LogP contribution in [-0.2, 0) is 20.7 Å². The number of aryl methyl sites for hydroxylation is 1. The van der Waals surface area contributed by atoms with Gasteiger partial charge in [0.25, 0.3) is 0 Å². The summed E-state index contributed by atoms with van der Waals surface area (Å²) in [6.07, 6.45) is 1.79. The normalized spacial score (nSPS) is 20.8. The van der Waals surface area contributed by atoms with Gasteiger partial charge in [-0.25, -0.2) is 0 Å². The molecular formula is C14H22BNO3. The lowest BCUT2D eigenvalue weighted by atomic mass is 9.75. The molecule has 0 aliphatic carbocycles. The zero-order chi connectivity index (χ0) is 14.3. The average Bonchev–Trinajstić information content (AvgIpc) is 2.48. The van der Waals surface area contributed by atoms with Gasteiger partial charge in [0, 0.05) is 18.8 Å². The lowest BCUT2D eigenvalue weighted by molar-refractivity contribution is 0.00578. The molecule has 19 heavy (non-hydrogen) atoms. The zero-order valence-electron chi connectivity index (χ0n) is 12.6. The van der Waals surface area contributed by atoms with Crippen LogP contribution in [-0.4, -0.2) is 30.4 Å². The summed E-state index contributed by atoms with van der Waals surface area (Å²) in [5.74, 6) is 0. The minimum atomic E-state index is -0.385. The van der Waals surface area contributed by atoms with Crippen LogP contribution in [0.5, 0.6) is 0 Å². The molecule has 1 aromatic heterocycles. The highest BCUT2D eigenvalue weighted by Crippen LogP contribution is 2.36. The number of pyridine rings is 1. The molecule has 0 amide bonds. The molecule has 0 bridgehead atoms. The van der Waals surface area contributed by atoms with Crippen molar-refractivity contribution in [2.24, 2.45) is 0 Å². The summed E-state index contributed by atoms with van der Waals surface area (Å²) in [6, 6.07) is 1.97. The minimum absolute atomic E-state index is 0.343. The lowest BCUT2D eigenvalue weighted by Gasteiger charge is -2.32. The second-order valence-electron chi connectivity index (χ2n) is 6.01. The van der Waals surface area contributed by atoms with E-state index in [1.54, 1.807) is 13.3 Å². The van der Waals surface area contributed by atoms with Crippen LogP contribution in [0.3, 0.4) is 0 Å². The second kappa shape index (κ2) is 4.89. The second-order valence-corrected chi connectivity index (χ2v) is 6.01. The fourth-order valence-electron chi connectivity index (χ4n) is 2.16. The van der Waals surface area contributed by atoms with Gasteiger partial charge in [0.1, 0.15) is 0 Å². The summed E-state index contributed by atoms with van der Waals surface area (Å²) < 4.78 is 17.4. The largest absolute Gasteiger partial charge is 0.497 e. The fraction of sp³-hybridized carbons (Fsp3) is 0.643. The maximum atomic E-state index is 6.10. The van der Waals surface area contributed by atoms with Gasteiger partial charge >= 0.3 is 7.12 Å². The van der Waals surface area contributed by atoms with Crippen molar-refractivity contribution in [3.05, 3.63) is 23.5 Å². The molecule has 4 nitrogen and oxygen atoms in total. The van der Waals surface area contributed by atoms with Crippen LogP contribution in [0.15, 0.2) is 12.3 Å². The number of rotatable bonds is 3. The van der Waals surface area contributed by atoms with Crippen LogP contribution in [0.2, 0.25) is 0 Å². The predicted octanol–water partition coefficient (Wildman–Crippen LogP) is 1.84. The topological polar surface area (TPSA) is 40.6 Å². The van der Waals surface area contributed by atoms with Gasteiger partial charge in [0.2, 0.25) is 0 Å². The van der Waals surface area contributed by atoms with Gasteiger partial charge in [-0.15, -0.1) is 0 Å². The average molecular weight is 263 g/mol. The molecule has 1 fully saturated rings. The van der Waals surface area contributed by atoms with Gasteiger partial charge in [-0.1, -0.05) is 0 Å². The first kappa shape index (κ1) is 14.5. The van der Waals surface area contributed by atoms with E-state index in [0.29, 0.717) is 6.61 Å². The van der Waals surface area contributed by atoms with Gasteiger partial charge in [0.15, 0.2) is 0 Å². The van der Waals surface area contributed by atoms with E-state index in [-0.39, 0.29) is 18.3 Å². The van der Waals surface area contributed by atoms with Crippen molar-refractivity contribution in [2.45, 2.75) is 52.4 Å². The maximum Gasteiger partial charge on any atom is 0.497 e. The number of hydrogen-bond acceptors (Lipinski definition) is 4. The van der Waals surface area contributed by atoms with Crippen molar-refractivity contribution in [1.82, 2.24) is 4.98 Å². The SMILES string of the molecule is COCc1nccc(C)c1B1OC(C)(C)C(C)(C)O1. The Hall–Kier alpha value is -0.905. The highest BCUT2D eigenvalue weighted by atomic mass is 16.7. The standard InChI is InChI=1S/C14H22BNO3/c1-10-7-8-16-11(9-17-6)12(10)15-18-13(2,3)14(4,5)19-15/h7-8H,9H2,1-6H3. The van der Waals surface area contributed by atoms with Crippen LogP contribution in [0.4, 0.5) is 0 Å². The van der Waals surface area contributed by atoms with E-state index in [1.165, 1.54) is 0 Å². The molecule has 0 aromatic carbocycles. The van der Waals surface area contributed by atoms with Crippen LogP contribution < -0.4 is 5.46 Å². The molecule has 0 spiro atoms. The highest BCUT2D eigenvalue weighted by molar-refractivity contribution is 6.63. The first-order valence-corrected chi connectivity index (χ1v) is 6.57. The Morgan fingerprint density at radius 3 is 2.32 bits per heavy atom. The molecule has 1 saturated heterocycles. The van der Waals surface area contributed by atoms with Crippen LogP contribution in [0, 0.1) is 6.92 Å². The Morgan fingerprint density at radius 1 is 1.21 bits per heavy atom. The molecule has 2 heterocycles. The summed E-state index contributed by atoms with van der Waals surface area (Å²) in [7, 11) is 1.28. The molecule has 5 heteroatoms. The van der Waals surface area contributed by atoms with Gasteiger partial charge < -0.3 is 14.0 Å². The Bertz CT molecular complexity index is 458. The first-order valence-electron chi connectivity index (χ1n) is 6.57. The maximum absolute atomic E-state index is 6.10. The molecule has 0 saturated carbocycles. The first-order chi connectivity index (χ1) is 8.78. The Morgan fingerprint density at radius 2 is 1.79 bits per heavy atom. The Kier molecular flexibility index (Phi) is 3.73. The molecule has 0 atom stereocenters. The van der Waals surface area contributed by atoms with Crippen molar-refractivity contribution >= 4 is 12.6 Å². The smallest absolute Gasteiger partial charge is 0.399 e. The van der Waals surface area contributed by atoms with Crippen molar-refractivity contribution in [1.29, 1.82) is 0 Å². The van der Waals surface area contributed by atoms with Crippen molar-refractivity contribution in [3.63, 3.8) is 0 Å². The van der Waals surface area contributed by atoms with Crippen LogP contribution in [0.25, 0.3) is 0 Å². The monoisotopic (exact) mass is 263 g/mol. The Labute approximate surface area is 115 Å². The molecule has 1 aliphatic heterocycles. The molecule has 0 radical (unpaired) electrons. The van der Waals surface area contributed by atoms with Crippen LogP contribution >= 0.6 is 0 Å². The summed E-state index contributed by atoms with van der Waals surface area (Å²) in [6.45, 7) is 10.7. The third kappa shape index (κ3) is 2.55.